The summed E-state index contributed by atoms with van der Waals surface area (Å²) in [5.74, 6) is 0.587. The van der Waals surface area contributed by atoms with Crippen LogP contribution in [-0.2, 0) is 13.0 Å². The van der Waals surface area contributed by atoms with Gasteiger partial charge in [-0.15, -0.1) is 6.58 Å². The van der Waals surface area contributed by atoms with E-state index in [2.05, 4.69) is 16.9 Å². The van der Waals surface area contributed by atoms with Crippen LogP contribution >= 0.6 is 0 Å². The number of methoxy groups -OCH3 is 1. The van der Waals surface area contributed by atoms with E-state index in [-0.39, 0.29) is 5.75 Å². The molecule has 1 aromatic carbocycles. The van der Waals surface area contributed by atoms with E-state index in [4.69, 9.17) is 4.74 Å². The molecule has 3 N–H and O–H groups in total. The van der Waals surface area contributed by atoms with Crippen molar-refractivity contribution in [3.63, 3.8) is 0 Å². The van der Waals surface area contributed by atoms with Crippen LogP contribution in [0.4, 0.5) is 0 Å². The van der Waals surface area contributed by atoms with Gasteiger partial charge in [0.1, 0.15) is 0 Å². The van der Waals surface area contributed by atoms with Crippen LogP contribution in [0.3, 0.4) is 0 Å². The van der Waals surface area contributed by atoms with Gasteiger partial charge in [-0.3, -0.25) is 4.98 Å². The van der Waals surface area contributed by atoms with Gasteiger partial charge in [-0.2, -0.15) is 0 Å². The average molecular weight is 314 g/mol. The summed E-state index contributed by atoms with van der Waals surface area (Å²) < 4.78 is 5.20. The molecule has 2 rings (SSSR count). The number of nitrogens with zero attached hydrogens (tertiary/aromatic N) is 1. The number of pyridine rings is 1. The standard InChI is InChI=1S/C18H22N2O3/c1-3-4-15-9-13(10-17(23-2)18(15)22)11-20-12-16(21)14-5-7-19-8-6-14/h3,5-10,16,20-22H,1,4,11-12H2,2H3. The maximum absolute atomic E-state index is 10.1. The number of aromatic hydroxyl groups is 1. The summed E-state index contributed by atoms with van der Waals surface area (Å²) in [5.41, 5.74) is 2.56. The fourth-order valence-electron chi connectivity index (χ4n) is 2.35. The summed E-state index contributed by atoms with van der Waals surface area (Å²) in [4.78, 5) is 3.93. The monoisotopic (exact) mass is 314 g/mol. The van der Waals surface area contributed by atoms with Gasteiger partial charge in [-0.25, -0.2) is 0 Å². The fourth-order valence-corrected chi connectivity index (χ4v) is 2.35. The van der Waals surface area contributed by atoms with Crippen LogP contribution in [0, 0.1) is 0 Å². The Morgan fingerprint density at radius 2 is 2.09 bits per heavy atom. The van der Waals surface area contributed by atoms with Gasteiger partial charge in [0.15, 0.2) is 11.5 Å². The first kappa shape index (κ1) is 17.0. The maximum atomic E-state index is 10.1. The molecular weight excluding hydrogens is 292 g/mol. The molecule has 0 aliphatic carbocycles. The lowest BCUT2D eigenvalue weighted by molar-refractivity contribution is 0.174. The van der Waals surface area contributed by atoms with Crippen LogP contribution in [0.25, 0.3) is 0 Å². The second-order valence-electron chi connectivity index (χ2n) is 5.23. The summed E-state index contributed by atoms with van der Waals surface area (Å²) in [6.45, 7) is 4.67. The number of aliphatic hydroxyl groups excluding tert-OH is 1. The minimum Gasteiger partial charge on any atom is -0.504 e. The number of ether oxygens (including phenoxy) is 1. The van der Waals surface area contributed by atoms with Crippen molar-refractivity contribution in [2.75, 3.05) is 13.7 Å². The number of aromatic nitrogens is 1. The summed E-state index contributed by atoms with van der Waals surface area (Å²) in [5, 5.41) is 23.4. The van der Waals surface area contributed by atoms with E-state index in [1.165, 1.54) is 7.11 Å². The molecule has 1 atom stereocenters. The Hall–Kier alpha value is -2.37. The number of aliphatic hydroxyl groups is 1. The van der Waals surface area contributed by atoms with E-state index in [9.17, 15) is 10.2 Å². The van der Waals surface area contributed by atoms with Crippen LogP contribution < -0.4 is 10.1 Å². The number of benzene rings is 1. The fraction of sp³-hybridized carbons (Fsp3) is 0.278. The largest absolute Gasteiger partial charge is 0.504 e. The predicted molar refractivity (Wildman–Crippen MR) is 89.5 cm³/mol. The molecule has 1 unspecified atom stereocenters. The molecule has 0 radical (unpaired) electrons. The molecule has 0 amide bonds. The molecule has 122 valence electrons. The van der Waals surface area contributed by atoms with Crippen molar-refractivity contribution < 1.29 is 14.9 Å². The second-order valence-corrected chi connectivity index (χ2v) is 5.23. The Kier molecular flexibility index (Phi) is 6.14. The maximum Gasteiger partial charge on any atom is 0.161 e. The summed E-state index contributed by atoms with van der Waals surface area (Å²) in [7, 11) is 1.52. The minimum absolute atomic E-state index is 0.146. The number of nitrogens with one attached hydrogen (secondary N) is 1. The van der Waals surface area contributed by atoms with Gasteiger partial charge in [-0.1, -0.05) is 12.1 Å². The molecule has 1 heterocycles. The molecule has 0 bridgehead atoms. The molecule has 0 aliphatic rings. The predicted octanol–water partition coefficient (Wildman–Crippen LogP) is 2.35. The molecule has 0 saturated carbocycles. The Bertz CT molecular complexity index is 644. The van der Waals surface area contributed by atoms with Crippen LogP contribution in [0.1, 0.15) is 22.8 Å². The zero-order valence-electron chi connectivity index (χ0n) is 13.2. The molecule has 5 heteroatoms. The zero-order chi connectivity index (χ0) is 16.7. The number of phenols is 1. The summed E-state index contributed by atoms with van der Waals surface area (Å²) in [6, 6.07) is 7.27. The van der Waals surface area contributed by atoms with Gasteiger partial charge in [0.05, 0.1) is 13.2 Å². The highest BCUT2D eigenvalue weighted by Gasteiger charge is 2.11. The van der Waals surface area contributed by atoms with Gasteiger partial charge in [0.25, 0.3) is 0 Å². The smallest absolute Gasteiger partial charge is 0.161 e. The first-order valence-electron chi connectivity index (χ1n) is 7.44. The minimum atomic E-state index is -0.593. The van der Waals surface area contributed by atoms with E-state index in [1.54, 1.807) is 36.7 Å². The third-order valence-electron chi connectivity index (χ3n) is 3.56. The third kappa shape index (κ3) is 4.55. The Labute approximate surface area is 136 Å². The van der Waals surface area contributed by atoms with Crippen LogP contribution in [0.5, 0.6) is 11.5 Å². The molecule has 0 aliphatic heterocycles. The number of allylic oxidation sites excluding steroid dienone is 1. The summed E-state index contributed by atoms with van der Waals surface area (Å²) >= 11 is 0. The van der Waals surface area contributed by atoms with Gasteiger partial charge < -0.3 is 20.3 Å². The lowest BCUT2D eigenvalue weighted by Gasteiger charge is -2.14. The molecular formula is C18H22N2O3. The lowest BCUT2D eigenvalue weighted by Crippen LogP contribution is -2.21. The van der Waals surface area contributed by atoms with Gasteiger partial charge in [0.2, 0.25) is 0 Å². The Morgan fingerprint density at radius 1 is 1.35 bits per heavy atom. The topological polar surface area (TPSA) is 74.6 Å². The highest BCUT2D eigenvalue weighted by molar-refractivity contribution is 5.49. The van der Waals surface area contributed by atoms with Gasteiger partial charge >= 0.3 is 0 Å². The van der Waals surface area contributed by atoms with Crippen molar-refractivity contribution >= 4 is 0 Å². The molecule has 5 nitrogen and oxygen atoms in total. The molecule has 1 aromatic heterocycles. The van der Waals surface area contributed by atoms with Crippen LogP contribution in [0.2, 0.25) is 0 Å². The molecule has 0 saturated heterocycles. The van der Waals surface area contributed by atoms with E-state index in [0.717, 1.165) is 16.7 Å². The van der Waals surface area contributed by atoms with Crippen LogP contribution in [0.15, 0.2) is 49.3 Å². The number of hydrogen-bond donors (Lipinski definition) is 3. The number of phenolic OH excluding ortho intramolecular Hbond substituents is 1. The first-order valence-corrected chi connectivity index (χ1v) is 7.44. The quantitative estimate of drug-likeness (QED) is 0.652. The van der Waals surface area contributed by atoms with Crippen molar-refractivity contribution in [2.24, 2.45) is 0 Å². The Morgan fingerprint density at radius 3 is 2.74 bits per heavy atom. The van der Waals surface area contributed by atoms with Crippen molar-refractivity contribution in [3.05, 3.63) is 66.0 Å². The van der Waals surface area contributed by atoms with Gasteiger partial charge in [0, 0.05) is 31.0 Å². The highest BCUT2D eigenvalue weighted by Crippen LogP contribution is 2.32. The van der Waals surface area contributed by atoms with Crippen molar-refractivity contribution in [3.8, 4) is 11.5 Å². The second kappa shape index (κ2) is 8.31. The Balaban J connectivity index is 2.00. The van der Waals surface area contributed by atoms with Crippen molar-refractivity contribution in [1.82, 2.24) is 10.3 Å². The number of hydrogen-bond acceptors (Lipinski definition) is 5. The normalized spacial score (nSPS) is 11.9. The molecule has 0 spiro atoms. The molecule has 2 aromatic rings. The summed E-state index contributed by atoms with van der Waals surface area (Å²) in [6.07, 6.45) is 5.02. The van der Waals surface area contributed by atoms with Crippen molar-refractivity contribution in [1.29, 1.82) is 0 Å². The average Bonchev–Trinajstić information content (AvgIpc) is 2.58. The third-order valence-corrected chi connectivity index (χ3v) is 3.56. The van der Waals surface area contributed by atoms with Crippen molar-refractivity contribution in [2.45, 2.75) is 19.1 Å². The van der Waals surface area contributed by atoms with Crippen LogP contribution in [-0.4, -0.2) is 28.9 Å². The van der Waals surface area contributed by atoms with Gasteiger partial charge in [-0.05, 0) is 35.7 Å². The SMILES string of the molecule is C=CCc1cc(CNCC(O)c2ccncc2)cc(OC)c1O. The lowest BCUT2D eigenvalue weighted by atomic mass is 10.1. The molecule has 23 heavy (non-hydrogen) atoms. The van der Waals surface area contributed by atoms with E-state index in [1.807, 2.05) is 6.07 Å². The highest BCUT2D eigenvalue weighted by atomic mass is 16.5. The first-order chi connectivity index (χ1) is 11.2. The van der Waals surface area contributed by atoms with E-state index >= 15 is 0 Å². The van der Waals surface area contributed by atoms with E-state index in [0.29, 0.717) is 25.3 Å². The number of rotatable bonds is 8. The molecule has 0 fully saturated rings. The van der Waals surface area contributed by atoms with E-state index < -0.39 is 6.10 Å². The zero-order valence-corrected chi connectivity index (χ0v) is 13.2.